The van der Waals surface area contributed by atoms with Gasteiger partial charge in [0.25, 0.3) is 0 Å². The highest BCUT2D eigenvalue weighted by molar-refractivity contribution is 6.07. The highest BCUT2D eigenvalue weighted by Gasteiger charge is 2.13. The molecule has 3 rings (SSSR count). The molecule has 0 N–H and O–H groups in total. The molecule has 4 nitrogen and oxygen atoms in total. The molecule has 0 fully saturated rings. The van der Waals surface area contributed by atoms with E-state index in [1.54, 1.807) is 23.0 Å². The van der Waals surface area contributed by atoms with Crippen molar-refractivity contribution in [2.75, 3.05) is 0 Å². The molecule has 2 aromatic carbocycles. The summed E-state index contributed by atoms with van der Waals surface area (Å²) in [6, 6.07) is 17.2. The van der Waals surface area contributed by atoms with E-state index in [2.05, 4.69) is 36.3 Å². The van der Waals surface area contributed by atoms with Crippen molar-refractivity contribution in [1.29, 1.82) is 0 Å². The normalized spacial score (nSPS) is 10.9. The summed E-state index contributed by atoms with van der Waals surface area (Å²) in [4.78, 5) is 12.4. The van der Waals surface area contributed by atoms with Crippen molar-refractivity contribution in [2.24, 2.45) is 0 Å². The van der Waals surface area contributed by atoms with E-state index in [1.165, 1.54) is 5.56 Å². The van der Waals surface area contributed by atoms with Crippen molar-refractivity contribution in [3.63, 3.8) is 0 Å². The van der Waals surface area contributed by atoms with Crippen molar-refractivity contribution < 1.29 is 4.79 Å². The Labute approximate surface area is 129 Å². The van der Waals surface area contributed by atoms with E-state index in [0.29, 0.717) is 17.2 Å². The molecule has 4 heteroatoms. The van der Waals surface area contributed by atoms with Crippen LogP contribution < -0.4 is 0 Å². The highest BCUT2D eigenvalue weighted by Crippen LogP contribution is 2.18. The van der Waals surface area contributed by atoms with E-state index in [4.69, 9.17) is 0 Å². The Morgan fingerprint density at radius 3 is 2.55 bits per heavy atom. The number of nitrogens with zero attached hydrogens (tertiary/aromatic N) is 3. The molecule has 0 bridgehead atoms. The molecule has 22 heavy (non-hydrogen) atoms. The quantitative estimate of drug-likeness (QED) is 0.690. The third-order valence-electron chi connectivity index (χ3n) is 3.56. The second-order valence-corrected chi connectivity index (χ2v) is 5.49. The number of carbonyl (C=O) groups excluding carboxylic acids is 1. The number of aromatic nitrogens is 3. The van der Waals surface area contributed by atoms with Crippen LogP contribution in [0, 0.1) is 0 Å². The van der Waals surface area contributed by atoms with Gasteiger partial charge in [0.15, 0.2) is 5.69 Å². The Hall–Kier alpha value is -2.75. The van der Waals surface area contributed by atoms with Gasteiger partial charge in [0.1, 0.15) is 0 Å². The van der Waals surface area contributed by atoms with Crippen LogP contribution in [0.2, 0.25) is 0 Å². The molecule has 0 spiro atoms. The first-order valence-electron chi connectivity index (χ1n) is 7.27. The fourth-order valence-electron chi connectivity index (χ4n) is 2.26. The van der Waals surface area contributed by atoms with Gasteiger partial charge >= 0.3 is 0 Å². The second kappa shape index (κ2) is 5.93. The SMILES string of the molecule is CC(C)c1cccc(-n2cc(C(=O)c3ccccc3)nn2)c1. The van der Waals surface area contributed by atoms with Gasteiger partial charge in [-0.25, -0.2) is 4.68 Å². The van der Waals surface area contributed by atoms with Crippen molar-refractivity contribution in [3.05, 3.63) is 77.6 Å². The Kier molecular flexibility index (Phi) is 3.83. The lowest BCUT2D eigenvalue weighted by Crippen LogP contribution is -2.01. The van der Waals surface area contributed by atoms with E-state index in [-0.39, 0.29) is 5.78 Å². The smallest absolute Gasteiger partial charge is 0.214 e. The molecule has 110 valence electrons. The zero-order valence-electron chi connectivity index (χ0n) is 12.6. The van der Waals surface area contributed by atoms with Gasteiger partial charge in [-0.05, 0) is 23.6 Å². The molecule has 0 aliphatic rings. The van der Waals surface area contributed by atoms with Crippen molar-refractivity contribution >= 4 is 5.78 Å². The van der Waals surface area contributed by atoms with Crippen LogP contribution in [-0.2, 0) is 0 Å². The molecule has 0 aliphatic heterocycles. The summed E-state index contributed by atoms with van der Waals surface area (Å²) in [7, 11) is 0. The molecule has 1 heterocycles. The number of ketones is 1. The number of benzene rings is 2. The zero-order valence-corrected chi connectivity index (χ0v) is 12.6. The number of hydrogen-bond acceptors (Lipinski definition) is 3. The highest BCUT2D eigenvalue weighted by atomic mass is 16.1. The van der Waals surface area contributed by atoms with E-state index in [9.17, 15) is 4.79 Å². The van der Waals surface area contributed by atoms with E-state index < -0.39 is 0 Å². The van der Waals surface area contributed by atoms with Gasteiger partial charge in [-0.3, -0.25) is 4.79 Å². The predicted octanol–water partition coefficient (Wildman–Crippen LogP) is 3.62. The topological polar surface area (TPSA) is 47.8 Å². The minimum Gasteiger partial charge on any atom is -0.287 e. The molecule has 1 aromatic heterocycles. The summed E-state index contributed by atoms with van der Waals surface area (Å²) in [6.07, 6.45) is 1.68. The maximum Gasteiger partial charge on any atom is 0.214 e. The number of rotatable bonds is 4. The summed E-state index contributed by atoms with van der Waals surface area (Å²) in [5, 5.41) is 8.09. The van der Waals surface area contributed by atoms with Crippen molar-refractivity contribution in [1.82, 2.24) is 15.0 Å². The van der Waals surface area contributed by atoms with Gasteiger partial charge in [-0.15, -0.1) is 5.10 Å². The van der Waals surface area contributed by atoms with Crippen LogP contribution in [-0.4, -0.2) is 20.8 Å². The molecule has 0 atom stereocenters. The van der Waals surface area contributed by atoms with Crippen LogP contribution in [0.15, 0.2) is 60.8 Å². The van der Waals surface area contributed by atoms with Gasteiger partial charge in [-0.2, -0.15) is 0 Å². The minimum atomic E-state index is -0.119. The molecule has 0 saturated heterocycles. The average Bonchev–Trinajstić information content (AvgIpc) is 3.05. The fraction of sp³-hybridized carbons (Fsp3) is 0.167. The third kappa shape index (κ3) is 2.81. The van der Waals surface area contributed by atoms with E-state index in [1.807, 2.05) is 30.3 Å². The lowest BCUT2D eigenvalue weighted by atomic mass is 10.0. The van der Waals surface area contributed by atoms with Crippen LogP contribution in [0.3, 0.4) is 0 Å². The molecule has 0 amide bonds. The largest absolute Gasteiger partial charge is 0.287 e. The van der Waals surface area contributed by atoms with Crippen LogP contribution in [0.25, 0.3) is 5.69 Å². The lowest BCUT2D eigenvalue weighted by molar-refractivity contribution is 0.103. The first kappa shape index (κ1) is 14.2. The molecule has 0 saturated carbocycles. The Balaban J connectivity index is 1.91. The number of hydrogen-bond donors (Lipinski definition) is 0. The molecular weight excluding hydrogens is 274 g/mol. The maximum absolute atomic E-state index is 12.4. The lowest BCUT2D eigenvalue weighted by Gasteiger charge is -2.07. The first-order valence-corrected chi connectivity index (χ1v) is 7.27. The minimum absolute atomic E-state index is 0.119. The Bertz CT molecular complexity index is 791. The van der Waals surface area contributed by atoms with Gasteiger partial charge in [0.05, 0.1) is 11.9 Å². The Morgan fingerprint density at radius 2 is 1.82 bits per heavy atom. The van der Waals surface area contributed by atoms with Crippen LogP contribution in [0.4, 0.5) is 0 Å². The van der Waals surface area contributed by atoms with Crippen LogP contribution in [0.5, 0.6) is 0 Å². The second-order valence-electron chi connectivity index (χ2n) is 5.49. The summed E-state index contributed by atoms with van der Waals surface area (Å²) in [6.45, 7) is 4.29. The molecular formula is C18H17N3O. The molecule has 3 aromatic rings. The van der Waals surface area contributed by atoms with Crippen LogP contribution >= 0.6 is 0 Å². The van der Waals surface area contributed by atoms with E-state index >= 15 is 0 Å². The number of carbonyl (C=O) groups is 1. The summed E-state index contributed by atoms with van der Waals surface area (Å²) in [5.74, 6) is 0.320. The van der Waals surface area contributed by atoms with Gasteiger partial charge in [-0.1, -0.05) is 61.5 Å². The van der Waals surface area contributed by atoms with Gasteiger partial charge in [0.2, 0.25) is 5.78 Å². The molecule has 0 unspecified atom stereocenters. The van der Waals surface area contributed by atoms with Crippen LogP contribution in [0.1, 0.15) is 41.4 Å². The molecule has 0 aliphatic carbocycles. The van der Waals surface area contributed by atoms with Crippen molar-refractivity contribution in [2.45, 2.75) is 19.8 Å². The van der Waals surface area contributed by atoms with Gasteiger partial charge < -0.3 is 0 Å². The van der Waals surface area contributed by atoms with E-state index in [0.717, 1.165) is 5.69 Å². The summed E-state index contributed by atoms with van der Waals surface area (Å²) in [5.41, 5.74) is 3.10. The summed E-state index contributed by atoms with van der Waals surface area (Å²) >= 11 is 0. The van der Waals surface area contributed by atoms with Crippen molar-refractivity contribution in [3.8, 4) is 5.69 Å². The Morgan fingerprint density at radius 1 is 1.05 bits per heavy atom. The standard InChI is InChI=1S/C18H17N3O/c1-13(2)15-9-6-10-16(11-15)21-12-17(19-20-21)18(22)14-7-4-3-5-8-14/h3-13H,1-2H3. The fourth-order valence-corrected chi connectivity index (χ4v) is 2.26. The van der Waals surface area contributed by atoms with Gasteiger partial charge in [0, 0.05) is 5.56 Å². The first-order chi connectivity index (χ1) is 10.6. The maximum atomic E-state index is 12.4. The zero-order chi connectivity index (χ0) is 15.5. The molecule has 0 radical (unpaired) electrons. The predicted molar refractivity (Wildman–Crippen MR) is 85.3 cm³/mol. The monoisotopic (exact) mass is 291 g/mol. The third-order valence-corrected chi connectivity index (χ3v) is 3.56. The summed E-state index contributed by atoms with van der Waals surface area (Å²) < 4.78 is 1.64. The average molecular weight is 291 g/mol.